The zero-order chi connectivity index (χ0) is 16.9. The molecule has 0 aromatic heterocycles. The Bertz CT molecular complexity index is 579. The summed E-state index contributed by atoms with van der Waals surface area (Å²) in [5, 5.41) is 3.46. The molecule has 2 rings (SSSR count). The highest BCUT2D eigenvalue weighted by molar-refractivity contribution is 9.10. The van der Waals surface area contributed by atoms with Crippen molar-refractivity contribution in [2.75, 3.05) is 19.6 Å². The summed E-state index contributed by atoms with van der Waals surface area (Å²) in [6.07, 6.45) is 2.79. The number of hydrogen-bond donors (Lipinski definition) is 1. The van der Waals surface area contributed by atoms with Gasteiger partial charge in [0, 0.05) is 30.7 Å². The Morgan fingerprint density at radius 1 is 1.30 bits per heavy atom. The molecule has 4 nitrogen and oxygen atoms in total. The number of carbonyl (C=O) groups excluding carboxylic acids is 1. The maximum absolute atomic E-state index is 12.0. The minimum atomic E-state index is -0.439. The van der Waals surface area contributed by atoms with Crippen LogP contribution < -0.4 is 5.32 Å². The minimum absolute atomic E-state index is 0.228. The van der Waals surface area contributed by atoms with Gasteiger partial charge in [-0.25, -0.2) is 4.79 Å². The van der Waals surface area contributed by atoms with Crippen LogP contribution in [0.2, 0.25) is 0 Å². The van der Waals surface area contributed by atoms with Crippen LogP contribution in [0.3, 0.4) is 0 Å². The fraction of sp³-hybridized carbons (Fsp3) is 0.500. The maximum atomic E-state index is 12.0. The number of rotatable bonds is 4. The zero-order valence-corrected chi connectivity index (χ0v) is 15.6. The summed E-state index contributed by atoms with van der Waals surface area (Å²) in [6.45, 7) is 8.70. The van der Waals surface area contributed by atoms with Crippen LogP contribution in [-0.4, -0.2) is 36.2 Å². The number of hydrogen-bond acceptors (Lipinski definition) is 3. The zero-order valence-electron chi connectivity index (χ0n) is 14.1. The summed E-state index contributed by atoms with van der Waals surface area (Å²) in [5.41, 5.74) is 2.15. The second-order valence-electron chi connectivity index (χ2n) is 6.73. The maximum Gasteiger partial charge on any atom is 0.410 e. The van der Waals surface area contributed by atoms with Gasteiger partial charge in [-0.2, -0.15) is 0 Å². The highest BCUT2D eigenvalue weighted by Gasteiger charge is 2.23. The van der Waals surface area contributed by atoms with Crippen molar-refractivity contribution >= 4 is 22.0 Å². The van der Waals surface area contributed by atoms with E-state index in [-0.39, 0.29) is 6.09 Å². The number of ether oxygens (including phenoxy) is 1. The molecule has 0 spiro atoms. The molecule has 0 aliphatic carbocycles. The molecular weight excluding hydrogens is 356 g/mol. The number of nitrogens with one attached hydrogen (secondary N) is 1. The lowest BCUT2D eigenvalue weighted by Gasteiger charge is -2.29. The number of halogens is 1. The third kappa shape index (κ3) is 5.99. The average molecular weight is 381 g/mol. The van der Waals surface area contributed by atoms with E-state index >= 15 is 0 Å². The Morgan fingerprint density at radius 3 is 2.65 bits per heavy atom. The van der Waals surface area contributed by atoms with Gasteiger partial charge in [-0.15, -0.1) is 0 Å². The van der Waals surface area contributed by atoms with Crippen molar-refractivity contribution in [2.45, 2.75) is 39.3 Å². The summed E-state index contributed by atoms with van der Waals surface area (Å²) >= 11 is 3.56. The molecule has 0 atom stereocenters. The summed E-state index contributed by atoms with van der Waals surface area (Å²) in [7, 11) is 0. The summed E-state index contributed by atoms with van der Waals surface area (Å²) < 4.78 is 6.53. The van der Waals surface area contributed by atoms with Crippen LogP contribution in [0.5, 0.6) is 0 Å². The van der Waals surface area contributed by atoms with Crippen molar-refractivity contribution in [1.29, 1.82) is 0 Å². The standard InChI is InChI=1S/C18H25BrN2O2/c1-18(2,3)23-17(22)21-10-8-14(9-11-21)12-20-13-15-6-4-5-7-16(15)19/h4-8,20H,9-13H2,1-3H3. The Morgan fingerprint density at radius 2 is 2.04 bits per heavy atom. The van der Waals surface area contributed by atoms with Gasteiger partial charge in [0.05, 0.1) is 0 Å². The molecule has 0 fully saturated rings. The highest BCUT2D eigenvalue weighted by Crippen LogP contribution is 2.17. The first-order valence-electron chi connectivity index (χ1n) is 7.95. The lowest BCUT2D eigenvalue weighted by atomic mass is 10.1. The van der Waals surface area contributed by atoms with Crippen molar-refractivity contribution in [3.05, 3.63) is 46.0 Å². The molecule has 1 heterocycles. The predicted octanol–water partition coefficient (Wildman–Crippen LogP) is 4.11. The van der Waals surface area contributed by atoms with Crippen molar-refractivity contribution in [3.8, 4) is 0 Å². The Labute approximate surface area is 147 Å². The first-order chi connectivity index (χ1) is 10.8. The number of amides is 1. The lowest BCUT2D eigenvalue weighted by Crippen LogP contribution is -2.39. The van der Waals surface area contributed by atoms with Crippen LogP contribution in [-0.2, 0) is 11.3 Å². The van der Waals surface area contributed by atoms with E-state index in [1.807, 2.05) is 32.9 Å². The molecule has 126 valence electrons. The highest BCUT2D eigenvalue weighted by atomic mass is 79.9. The average Bonchev–Trinajstić information content (AvgIpc) is 2.48. The number of nitrogens with zero attached hydrogens (tertiary/aromatic N) is 1. The molecule has 1 aliphatic heterocycles. The van der Waals surface area contributed by atoms with E-state index < -0.39 is 5.60 Å². The topological polar surface area (TPSA) is 41.6 Å². The van der Waals surface area contributed by atoms with E-state index in [1.165, 1.54) is 11.1 Å². The minimum Gasteiger partial charge on any atom is -0.444 e. The van der Waals surface area contributed by atoms with Gasteiger partial charge >= 0.3 is 6.09 Å². The third-order valence-electron chi connectivity index (χ3n) is 3.58. The molecule has 1 amide bonds. The monoisotopic (exact) mass is 380 g/mol. The van der Waals surface area contributed by atoms with Gasteiger partial charge in [-0.05, 0) is 38.8 Å². The quantitative estimate of drug-likeness (QED) is 0.799. The summed E-state index contributed by atoms with van der Waals surface area (Å²) in [4.78, 5) is 13.8. The van der Waals surface area contributed by atoms with E-state index in [9.17, 15) is 4.79 Å². The van der Waals surface area contributed by atoms with Gasteiger partial charge < -0.3 is 15.0 Å². The van der Waals surface area contributed by atoms with Gasteiger partial charge in [0.15, 0.2) is 0 Å². The fourth-order valence-electron chi connectivity index (χ4n) is 2.36. The summed E-state index contributed by atoms with van der Waals surface area (Å²) in [6, 6.07) is 8.22. The Kier molecular flexibility index (Phi) is 6.25. The molecule has 1 aromatic rings. The molecule has 5 heteroatoms. The van der Waals surface area contributed by atoms with Crippen LogP contribution in [0.4, 0.5) is 4.79 Å². The summed E-state index contributed by atoms with van der Waals surface area (Å²) in [5.74, 6) is 0. The van der Waals surface area contributed by atoms with Crippen LogP contribution in [0, 0.1) is 0 Å². The molecule has 0 bridgehead atoms. The number of carbonyl (C=O) groups is 1. The second-order valence-corrected chi connectivity index (χ2v) is 7.59. The van der Waals surface area contributed by atoms with Crippen LogP contribution >= 0.6 is 15.9 Å². The van der Waals surface area contributed by atoms with E-state index in [4.69, 9.17) is 4.74 Å². The van der Waals surface area contributed by atoms with E-state index in [1.54, 1.807) is 4.90 Å². The van der Waals surface area contributed by atoms with Crippen molar-refractivity contribution < 1.29 is 9.53 Å². The molecule has 1 aromatic carbocycles. The lowest BCUT2D eigenvalue weighted by molar-refractivity contribution is 0.0265. The second kappa shape index (κ2) is 7.97. The fourth-order valence-corrected chi connectivity index (χ4v) is 2.79. The van der Waals surface area contributed by atoms with Gasteiger partial charge in [0.25, 0.3) is 0 Å². The molecule has 1 aliphatic rings. The first kappa shape index (κ1) is 18.0. The SMILES string of the molecule is CC(C)(C)OC(=O)N1CC=C(CNCc2ccccc2Br)CC1. The smallest absolute Gasteiger partial charge is 0.410 e. The normalized spacial score (nSPS) is 15.3. The Balaban J connectivity index is 1.77. The van der Waals surface area contributed by atoms with Gasteiger partial charge in [0.1, 0.15) is 5.60 Å². The van der Waals surface area contributed by atoms with Crippen LogP contribution in [0.25, 0.3) is 0 Å². The Hall–Kier alpha value is -1.33. The molecule has 23 heavy (non-hydrogen) atoms. The van der Waals surface area contributed by atoms with Crippen LogP contribution in [0.1, 0.15) is 32.8 Å². The van der Waals surface area contributed by atoms with E-state index in [0.717, 1.165) is 30.5 Å². The molecular formula is C18H25BrN2O2. The van der Waals surface area contributed by atoms with Crippen molar-refractivity contribution in [2.24, 2.45) is 0 Å². The van der Waals surface area contributed by atoms with Gasteiger partial charge in [-0.1, -0.05) is 45.8 Å². The molecule has 1 N–H and O–H groups in total. The molecule has 0 saturated heterocycles. The molecule has 0 radical (unpaired) electrons. The number of benzene rings is 1. The van der Waals surface area contributed by atoms with E-state index in [0.29, 0.717) is 6.54 Å². The molecule has 0 unspecified atom stereocenters. The van der Waals surface area contributed by atoms with Crippen molar-refractivity contribution in [1.82, 2.24) is 10.2 Å². The predicted molar refractivity (Wildman–Crippen MR) is 96.4 cm³/mol. The van der Waals surface area contributed by atoms with E-state index in [2.05, 4.69) is 39.5 Å². The third-order valence-corrected chi connectivity index (χ3v) is 4.35. The van der Waals surface area contributed by atoms with Gasteiger partial charge in [0.2, 0.25) is 0 Å². The largest absolute Gasteiger partial charge is 0.444 e. The van der Waals surface area contributed by atoms with Crippen molar-refractivity contribution in [3.63, 3.8) is 0 Å². The first-order valence-corrected chi connectivity index (χ1v) is 8.74. The molecule has 0 saturated carbocycles. The van der Waals surface area contributed by atoms with Gasteiger partial charge in [-0.3, -0.25) is 0 Å². The van der Waals surface area contributed by atoms with Crippen LogP contribution in [0.15, 0.2) is 40.4 Å².